The molecule has 118 valence electrons. The van der Waals surface area contributed by atoms with Crippen LogP contribution in [0, 0.1) is 4.77 Å². The van der Waals surface area contributed by atoms with Crippen LogP contribution in [0.2, 0.25) is 0 Å². The number of piperidine rings is 1. The van der Waals surface area contributed by atoms with Crippen molar-refractivity contribution in [1.29, 1.82) is 0 Å². The molecule has 0 aromatic carbocycles. The van der Waals surface area contributed by atoms with E-state index >= 15 is 0 Å². The van der Waals surface area contributed by atoms with E-state index in [0.29, 0.717) is 6.61 Å². The normalized spacial score (nSPS) is 22.1. The summed E-state index contributed by atoms with van der Waals surface area (Å²) in [4.78, 5) is 2.33. The van der Waals surface area contributed by atoms with Gasteiger partial charge < -0.3 is 18.8 Å². The molecule has 1 spiro atoms. The standard InChI is InChI=1S/C13H22N4O3S/c1-18-7-6-16-10-14-17(12(16)21)11-15-4-2-13(3-5-15)19-8-9-20-13/h10H,2-9,11H2,1H3. The first-order chi connectivity index (χ1) is 10.2. The molecule has 8 heteroatoms. The molecule has 2 saturated heterocycles. The van der Waals surface area contributed by atoms with Crippen LogP contribution in [0.3, 0.4) is 0 Å². The van der Waals surface area contributed by atoms with Crippen LogP contribution >= 0.6 is 12.2 Å². The zero-order chi connectivity index (χ0) is 14.7. The van der Waals surface area contributed by atoms with Gasteiger partial charge in [0.2, 0.25) is 0 Å². The summed E-state index contributed by atoms with van der Waals surface area (Å²) < 4.78 is 21.1. The van der Waals surface area contributed by atoms with E-state index in [1.807, 2.05) is 9.25 Å². The highest BCUT2D eigenvalue weighted by Crippen LogP contribution is 2.31. The summed E-state index contributed by atoms with van der Waals surface area (Å²) >= 11 is 5.44. The van der Waals surface area contributed by atoms with Gasteiger partial charge in [-0.05, 0) is 12.2 Å². The summed E-state index contributed by atoms with van der Waals surface area (Å²) in [5, 5.41) is 4.37. The largest absolute Gasteiger partial charge is 0.383 e. The maximum Gasteiger partial charge on any atom is 0.198 e. The Morgan fingerprint density at radius 2 is 2.05 bits per heavy atom. The first-order valence-electron chi connectivity index (χ1n) is 7.34. The zero-order valence-electron chi connectivity index (χ0n) is 12.4. The van der Waals surface area contributed by atoms with E-state index in [2.05, 4.69) is 10.00 Å². The van der Waals surface area contributed by atoms with E-state index in [1.54, 1.807) is 13.4 Å². The third-order valence-electron chi connectivity index (χ3n) is 4.10. The lowest BCUT2D eigenvalue weighted by Crippen LogP contribution is -2.45. The fourth-order valence-corrected chi connectivity index (χ4v) is 3.07. The van der Waals surface area contributed by atoms with Crippen LogP contribution in [0.1, 0.15) is 12.8 Å². The molecule has 0 radical (unpaired) electrons. The van der Waals surface area contributed by atoms with Crippen molar-refractivity contribution in [2.24, 2.45) is 0 Å². The van der Waals surface area contributed by atoms with E-state index in [1.165, 1.54) is 0 Å². The number of nitrogens with zero attached hydrogens (tertiary/aromatic N) is 4. The molecule has 2 aliphatic rings. The van der Waals surface area contributed by atoms with Gasteiger partial charge in [0.15, 0.2) is 10.6 Å². The van der Waals surface area contributed by atoms with Gasteiger partial charge in [-0.15, -0.1) is 0 Å². The van der Waals surface area contributed by atoms with Gasteiger partial charge in [-0.1, -0.05) is 0 Å². The fraction of sp³-hybridized carbons (Fsp3) is 0.846. The summed E-state index contributed by atoms with van der Waals surface area (Å²) in [6.45, 7) is 5.40. The monoisotopic (exact) mass is 314 g/mol. The van der Waals surface area contributed by atoms with Gasteiger partial charge in [0, 0.05) is 39.6 Å². The van der Waals surface area contributed by atoms with Crippen molar-refractivity contribution in [2.75, 3.05) is 40.0 Å². The summed E-state index contributed by atoms with van der Waals surface area (Å²) in [6, 6.07) is 0. The van der Waals surface area contributed by atoms with Crippen molar-refractivity contribution in [1.82, 2.24) is 19.2 Å². The quantitative estimate of drug-likeness (QED) is 0.751. The topological polar surface area (TPSA) is 53.7 Å². The van der Waals surface area contributed by atoms with Crippen molar-refractivity contribution < 1.29 is 14.2 Å². The number of rotatable bonds is 5. The average molecular weight is 314 g/mol. The molecule has 1 aromatic heterocycles. The molecular formula is C13H22N4O3S. The van der Waals surface area contributed by atoms with E-state index in [0.717, 1.165) is 57.1 Å². The predicted molar refractivity (Wildman–Crippen MR) is 78.4 cm³/mol. The lowest BCUT2D eigenvalue weighted by molar-refractivity contribution is -0.187. The number of likely N-dealkylation sites (tertiary alicyclic amines) is 1. The van der Waals surface area contributed by atoms with Crippen LogP contribution in [-0.4, -0.2) is 65.1 Å². The van der Waals surface area contributed by atoms with Gasteiger partial charge in [0.1, 0.15) is 6.33 Å². The lowest BCUT2D eigenvalue weighted by atomic mass is 10.0. The number of methoxy groups -OCH3 is 1. The second kappa shape index (κ2) is 6.53. The maximum absolute atomic E-state index is 5.74. The highest BCUT2D eigenvalue weighted by molar-refractivity contribution is 7.71. The molecule has 2 fully saturated rings. The van der Waals surface area contributed by atoms with Gasteiger partial charge in [0.05, 0.1) is 26.5 Å². The highest BCUT2D eigenvalue weighted by atomic mass is 32.1. The van der Waals surface area contributed by atoms with Crippen molar-refractivity contribution in [2.45, 2.75) is 31.8 Å². The Morgan fingerprint density at radius 3 is 2.71 bits per heavy atom. The Hall–Kier alpha value is -0.800. The van der Waals surface area contributed by atoms with Gasteiger partial charge in [-0.25, -0.2) is 4.68 Å². The maximum atomic E-state index is 5.74. The minimum Gasteiger partial charge on any atom is -0.383 e. The highest BCUT2D eigenvalue weighted by Gasteiger charge is 2.39. The molecule has 0 N–H and O–H groups in total. The predicted octanol–water partition coefficient (Wildman–Crippen LogP) is 0.857. The lowest BCUT2D eigenvalue weighted by Gasteiger charge is -2.37. The summed E-state index contributed by atoms with van der Waals surface area (Å²) in [7, 11) is 1.69. The first kappa shape index (κ1) is 15.1. The Morgan fingerprint density at radius 1 is 1.33 bits per heavy atom. The molecule has 0 atom stereocenters. The number of ether oxygens (including phenoxy) is 3. The summed E-state index contributed by atoms with van der Waals surface area (Å²) in [5.41, 5.74) is 0. The van der Waals surface area contributed by atoms with Crippen LogP contribution in [0.15, 0.2) is 6.33 Å². The fourth-order valence-electron chi connectivity index (χ4n) is 2.82. The van der Waals surface area contributed by atoms with Crippen molar-refractivity contribution in [3.05, 3.63) is 11.1 Å². The second-order valence-corrected chi connectivity index (χ2v) is 5.83. The molecule has 3 heterocycles. The van der Waals surface area contributed by atoms with E-state index < -0.39 is 0 Å². The van der Waals surface area contributed by atoms with Crippen molar-refractivity contribution in [3.63, 3.8) is 0 Å². The molecule has 0 unspecified atom stereocenters. The summed E-state index contributed by atoms with van der Waals surface area (Å²) in [6.07, 6.45) is 3.59. The molecule has 0 bridgehead atoms. The zero-order valence-corrected chi connectivity index (χ0v) is 13.2. The third-order valence-corrected chi connectivity index (χ3v) is 4.54. The van der Waals surface area contributed by atoms with Crippen LogP contribution < -0.4 is 0 Å². The SMILES string of the molecule is COCCn1cnn(CN2CCC3(CC2)OCCO3)c1=S. The second-order valence-electron chi connectivity index (χ2n) is 5.47. The average Bonchev–Trinajstić information content (AvgIpc) is 3.09. The Kier molecular flexibility index (Phi) is 4.70. The van der Waals surface area contributed by atoms with Gasteiger partial charge in [0.25, 0.3) is 0 Å². The Balaban J connectivity index is 1.55. The van der Waals surface area contributed by atoms with Crippen LogP contribution in [0.25, 0.3) is 0 Å². The first-order valence-corrected chi connectivity index (χ1v) is 7.75. The molecule has 0 amide bonds. The molecule has 3 rings (SSSR count). The Labute approximate surface area is 129 Å². The molecule has 21 heavy (non-hydrogen) atoms. The van der Waals surface area contributed by atoms with Crippen LogP contribution in [-0.2, 0) is 27.4 Å². The smallest absolute Gasteiger partial charge is 0.198 e. The molecular weight excluding hydrogens is 292 g/mol. The number of hydrogen-bond acceptors (Lipinski definition) is 6. The van der Waals surface area contributed by atoms with E-state index in [4.69, 9.17) is 26.4 Å². The minimum atomic E-state index is -0.324. The molecule has 0 saturated carbocycles. The van der Waals surface area contributed by atoms with E-state index in [9.17, 15) is 0 Å². The third kappa shape index (κ3) is 3.35. The van der Waals surface area contributed by atoms with Crippen molar-refractivity contribution in [3.8, 4) is 0 Å². The molecule has 0 aliphatic carbocycles. The van der Waals surface area contributed by atoms with E-state index in [-0.39, 0.29) is 5.79 Å². The molecule has 1 aromatic rings. The van der Waals surface area contributed by atoms with Crippen molar-refractivity contribution >= 4 is 12.2 Å². The Bertz CT molecular complexity index is 514. The van der Waals surface area contributed by atoms with Gasteiger partial charge in [-0.2, -0.15) is 5.10 Å². The van der Waals surface area contributed by atoms with Gasteiger partial charge >= 0.3 is 0 Å². The van der Waals surface area contributed by atoms with Crippen LogP contribution in [0.4, 0.5) is 0 Å². The minimum absolute atomic E-state index is 0.324. The van der Waals surface area contributed by atoms with Gasteiger partial charge in [-0.3, -0.25) is 4.90 Å². The van der Waals surface area contributed by atoms with Crippen LogP contribution in [0.5, 0.6) is 0 Å². The summed E-state index contributed by atoms with van der Waals surface area (Å²) in [5.74, 6) is -0.324. The molecule has 2 aliphatic heterocycles. The molecule has 7 nitrogen and oxygen atoms in total. The number of aromatic nitrogens is 3. The number of hydrogen-bond donors (Lipinski definition) is 0.